The van der Waals surface area contributed by atoms with Crippen LogP contribution in [0.25, 0.3) is 11.1 Å². The average Bonchev–Trinajstić information content (AvgIpc) is 2.59. The molecule has 0 nitrogen and oxygen atoms in total. The van der Waals surface area contributed by atoms with Gasteiger partial charge in [0.15, 0.2) is 0 Å². The van der Waals surface area contributed by atoms with Gasteiger partial charge >= 0.3 is 114 Å². The first-order valence-corrected chi connectivity index (χ1v) is 9.12. The number of hydrogen-bond donors (Lipinski definition) is 0. The molecule has 2 aromatic rings. The zero-order chi connectivity index (χ0) is 12.0. The van der Waals surface area contributed by atoms with E-state index in [-0.39, 0.29) is 26.6 Å². The van der Waals surface area contributed by atoms with Crippen LogP contribution in [-0.2, 0) is 5.41 Å². The molecule has 0 aliphatic heterocycles. The Labute approximate surface area is 113 Å². The Balaban J connectivity index is 2.32. The quantitative estimate of drug-likeness (QED) is 0.536. The second-order valence-electron chi connectivity index (χ2n) is 5.05. The van der Waals surface area contributed by atoms with Crippen molar-refractivity contribution in [1.82, 2.24) is 0 Å². The molecule has 0 aromatic heterocycles. The van der Waals surface area contributed by atoms with Crippen LogP contribution in [0.4, 0.5) is 0 Å². The molecule has 0 spiro atoms. The van der Waals surface area contributed by atoms with Gasteiger partial charge in [-0.15, -0.1) is 0 Å². The Bertz CT molecular complexity index is 582. The summed E-state index contributed by atoms with van der Waals surface area (Å²) in [4.78, 5) is 2.33. The van der Waals surface area contributed by atoms with Crippen LogP contribution in [-0.4, -0.2) is 4.93 Å². The number of benzene rings is 2. The standard InChI is InChI=1S/C16H16I/c1-16(2)14-7-5-4-6-12(14)13-9-8-11(17-3)10-15(13)16/h4-10H,1-3H3/q-1. The van der Waals surface area contributed by atoms with E-state index in [4.69, 9.17) is 0 Å². The molecule has 0 heterocycles. The molecule has 1 aliphatic rings. The van der Waals surface area contributed by atoms with E-state index in [1.165, 1.54) is 22.3 Å². The fraction of sp³-hybridized carbons (Fsp3) is 0.250. The zero-order valence-electron chi connectivity index (χ0n) is 10.4. The first kappa shape index (κ1) is 11.3. The summed E-state index contributed by atoms with van der Waals surface area (Å²) in [5, 5.41) is 0. The Morgan fingerprint density at radius 2 is 1.59 bits per heavy atom. The Hall–Kier alpha value is -0.830. The van der Waals surface area contributed by atoms with Gasteiger partial charge in [0.25, 0.3) is 0 Å². The van der Waals surface area contributed by atoms with Crippen molar-refractivity contribution < 1.29 is 21.2 Å². The summed E-state index contributed by atoms with van der Waals surface area (Å²) in [7, 11) is 0. The van der Waals surface area contributed by atoms with Gasteiger partial charge in [0.2, 0.25) is 0 Å². The number of rotatable bonds is 1. The molecular weight excluding hydrogens is 319 g/mol. The third-order valence-corrected chi connectivity index (χ3v) is 5.68. The Kier molecular flexibility index (Phi) is 2.54. The maximum atomic E-state index is 2.43. The van der Waals surface area contributed by atoms with Crippen molar-refractivity contribution in [2.45, 2.75) is 19.3 Å². The molecule has 0 N–H and O–H groups in total. The molecule has 1 heteroatoms. The predicted octanol–water partition coefficient (Wildman–Crippen LogP) is 0.881. The molecule has 3 rings (SSSR count). The predicted molar refractivity (Wildman–Crippen MR) is 68.6 cm³/mol. The summed E-state index contributed by atoms with van der Waals surface area (Å²) in [5.74, 6) is 0. The van der Waals surface area contributed by atoms with Crippen LogP contribution < -0.4 is 21.2 Å². The summed E-state index contributed by atoms with van der Waals surface area (Å²) in [6.45, 7) is 4.69. The van der Waals surface area contributed by atoms with Gasteiger partial charge in [-0.2, -0.15) is 0 Å². The summed E-state index contributed by atoms with van der Waals surface area (Å²) >= 11 is 0.182. The van der Waals surface area contributed by atoms with E-state index < -0.39 is 0 Å². The fourth-order valence-corrected chi connectivity index (χ4v) is 3.96. The molecule has 0 bridgehead atoms. The van der Waals surface area contributed by atoms with Crippen LogP contribution >= 0.6 is 0 Å². The summed E-state index contributed by atoms with van der Waals surface area (Å²) in [6.07, 6.45) is 0. The number of hydrogen-bond acceptors (Lipinski definition) is 0. The van der Waals surface area contributed by atoms with Gasteiger partial charge in [-0.25, -0.2) is 0 Å². The van der Waals surface area contributed by atoms with Gasteiger partial charge in [-0.1, -0.05) is 0 Å². The molecule has 17 heavy (non-hydrogen) atoms. The minimum atomic E-state index is 0.168. The average molecular weight is 335 g/mol. The van der Waals surface area contributed by atoms with Gasteiger partial charge in [-0.05, 0) is 0 Å². The van der Waals surface area contributed by atoms with Crippen molar-refractivity contribution in [2.24, 2.45) is 0 Å². The first-order chi connectivity index (χ1) is 8.14. The second kappa shape index (κ2) is 3.84. The van der Waals surface area contributed by atoms with Crippen LogP contribution in [0.5, 0.6) is 0 Å². The van der Waals surface area contributed by atoms with Crippen LogP contribution in [0.15, 0.2) is 42.5 Å². The zero-order valence-corrected chi connectivity index (χ0v) is 12.6. The molecule has 0 unspecified atom stereocenters. The molecule has 88 valence electrons. The van der Waals surface area contributed by atoms with E-state index in [9.17, 15) is 0 Å². The SMILES string of the molecule is C[I-]c1ccc2c(c1)C(C)(C)c1ccccc1-2. The molecule has 0 radical (unpaired) electrons. The van der Waals surface area contributed by atoms with Crippen LogP contribution in [0.1, 0.15) is 25.0 Å². The van der Waals surface area contributed by atoms with Gasteiger partial charge in [-0.3, -0.25) is 0 Å². The maximum absolute atomic E-state index is 2.43. The van der Waals surface area contributed by atoms with Crippen molar-refractivity contribution in [3.63, 3.8) is 0 Å². The summed E-state index contributed by atoms with van der Waals surface area (Å²) in [5.41, 5.74) is 6.01. The van der Waals surface area contributed by atoms with Crippen molar-refractivity contribution >= 4 is 0 Å². The van der Waals surface area contributed by atoms with E-state index in [2.05, 4.69) is 61.2 Å². The summed E-state index contributed by atoms with van der Waals surface area (Å²) < 4.78 is 1.54. The van der Waals surface area contributed by atoms with Gasteiger partial charge in [0.1, 0.15) is 0 Å². The number of fused-ring (bicyclic) bond motifs is 3. The topological polar surface area (TPSA) is 0 Å². The van der Waals surface area contributed by atoms with Crippen molar-refractivity contribution in [2.75, 3.05) is 4.93 Å². The van der Waals surface area contributed by atoms with E-state index in [0.29, 0.717) is 0 Å². The normalized spacial score (nSPS) is 15.7. The van der Waals surface area contributed by atoms with E-state index in [0.717, 1.165) is 0 Å². The van der Waals surface area contributed by atoms with E-state index in [1.54, 1.807) is 3.57 Å². The van der Waals surface area contributed by atoms with Gasteiger partial charge in [0.05, 0.1) is 0 Å². The third kappa shape index (κ3) is 1.55. The molecule has 0 atom stereocenters. The van der Waals surface area contributed by atoms with Gasteiger partial charge < -0.3 is 0 Å². The minimum absolute atomic E-state index is 0.168. The summed E-state index contributed by atoms with van der Waals surface area (Å²) in [6, 6.07) is 15.9. The van der Waals surface area contributed by atoms with Crippen LogP contribution in [0, 0.1) is 3.57 Å². The molecule has 0 amide bonds. The number of halogens is 1. The van der Waals surface area contributed by atoms with E-state index in [1.807, 2.05) is 0 Å². The molecular formula is C16H16I-. The van der Waals surface area contributed by atoms with E-state index >= 15 is 0 Å². The van der Waals surface area contributed by atoms with Crippen LogP contribution in [0.2, 0.25) is 0 Å². The van der Waals surface area contributed by atoms with Crippen molar-refractivity contribution in [1.29, 1.82) is 0 Å². The molecule has 0 saturated carbocycles. The fourth-order valence-electron chi connectivity index (χ4n) is 2.79. The van der Waals surface area contributed by atoms with Gasteiger partial charge in [0, 0.05) is 0 Å². The second-order valence-corrected chi connectivity index (χ2v) is 7.37. The first-order valence-electron chi connectivity index (χ1n) is 5.88. The Morgan fingerprint density at radius 1 is 0.882 bits per heavy atom. The van der Waals surface area contributed by atoms with Crippen molar-refractivity contribution in [3.05, 3.63) is 57.2 Å². The van der Waals surface area contributed by atoms with Crippen molar-refractivity contribution in [3.8, 4) is 11.1 Å². The van der Waals surface area contributed by atoms with Crippen LogP contribution in [0.3, 0.4) is 0 Å². The monoisotopic (exact) mass is 335 g/mol. The molecule has 1 aliphatic carbocycles. The third-order valence-electron chi connectivity index (χ3n) is 3.76. The molecule has 0 saturated heterocycles. The molecule has 0 fully saturated rings. The Morgan fingerprint density at radius 3 is 2.35 bits per heavy atom. The molecule has 2 aromatic carbocycles. The number of alkyl halides is 1.